The summed E-state index contributed by atoms with van der Waals surface area (Å²) in [6.45, 7) is 7.62. The van der Waals surface area contributed by atoms with Gasteiger partial charge in [0.25, 0.3) is 5.56 Å². The monoisotopic (exact) mass is 542 g/mol. The number of methoxy groups -OCH3 is 1. The van der Waals surface area contributed by atoms with Gasteiger partial charge in [0.1, 0.15) is 17.5 Å². The van der Waals surface area contributed by atoms with Crippen LogP contribution in [0.4, 0.5) is 0 Å². The van der Waals surface area contributed by atoms with Crippen LogP contribution in [0, 0.1) is 0 Å². The highest BCUT2D eigenvalue weighted by atomic mass is 32.1. The van der Waals surface area contributed by atoms with E-state index in [1.807, 2.05) is 80.6 Å². The van der Waals surface area contributed by atoms with Crippen LogP contribution in [0.2, 0.25) is 0 Å². The molecule has 5 rings (SSSR count). The average Bonchev–Trinajstić information content (AvgIpc) is 3.22. The lowest BCUT2D eigenvalue weighted by molar-refractivity contribution is -0.139. The van der Waals surface area contributed by atoms with E-state index in [4.69, 9.17) is 14.2 Å². The van der Waals surface area contributed by atoms with Gasteiger partial charge in [-0.15, -0.1) is 0 Å². The summed E-state index contributed by atoms with van der Waals surface area (Å²) in [5.74, 6) is 0.865. The molecule has 1 aromatic heterocycles. The Morgan fingerprint density at radius 2 is 1.77 bits per heavy atom. The molecule has 39 heavy (non-hydrogen) atoms. The van der Waals surface area contributed by atoms with Crippen LogP contribution in [-0.4, -0.2) is 30.4 Å². The summed E-state index contributed by atoms with van der Waals surface area (Å²) < 4.78 is 19.2. The number of benzene rings is 3. The number of hydrogen-bond donors (Lipinski definition) is 0. The van der Waals surface area contributed by atoms with Crippen LogP contribution in [-0.2, 0) is 9.53 Å². The largest absolute Gasteiger partial charge is 0.496 e. The van der Waals surface area contributed by atoms with Crippen molar-refractivity contribution < 1.29 is 19.0 Å². The van der Waals surface area contributed by atoms with Crippen LogP contribution in [0.15, 0.2) is 81.7 Å². The Hall–Kier alpha value is -4.17. The molecule has 0 amide bonds. The van der Waals surface area contributed by atoms with Gasteiger partial charge >= 0.3 is 5.97 Å². The summed E-state index contributed by atoms with van der Waals surface area (Å²) in [4.78, 5) is 32.5. The van der Waals surface area contributed by atoms with Crippen molar-refractivity contribution in [1.29, 1.82) is 0 Å². The molecular formula is C31H30N2O5S. The lowest BCUT2D eigenvalue weighted by atomic mass is 9.95. The third-order valence-corrected chi connectivity index (χ3v) is 7.50. The van der Waals surface area contributed by atoms with Crippen molar-refractivity contribution in [3.63, 3.8) is 0 Å². The molecule has 3 aromatic carbocycles. The highest BCUT2D eigenvalue weighted by Crippen LogP contribution is 2.36. The number of carbonyl (C=O) groups excluding carboxylic acids is 1. The molecule has 0 fully saturated rings. The molecule has 2 heterocycles. The molecule has 200 valence electrons. The lowest BCUT2D eigenvalue weighted by Crippen LogP contribution is -2.40. The molecule has 0 bridgehead atoms. The third kappa shape index (κ3) is 4.88. The fourth-order valence-electron chi connectivity index (χ4n) is 4.89. The van der Waals surface area contributed by atoms with Crippen LogP contribution in [0.1, 0.15) is 44.9 Å². The molecule has 4 aromatic rings. The van der Waals surface area contributed by atoms with Gasteiger partial charge in [0.15, 0.2) is 4.80 Å². The van der Waals surface area contributed by atoms with Crippen molar-refractivity contribution in [2.24, 2.45) is 4.99 Å². The first-order chi connectivity index (χ1) is 18.8. The molecule has 0 saturated carbocycles. The first-order valence-corrected chi connectivity index (χ1v) is 13.7. The Bertz CT molecular complexity index is 1780. The first-order valence-electron chi connectivity index (χ1n) is 12.8. The van der Waals surface area contributed by atoms with E-state index in [-0.39, 0.29) is 18.3 Å². The quantitative estimate of drug-likeness (QED) is 0.315. The number of thiazole rings is 1. The number of aromatic nitrogens is 1. The normalized spacial score (nSPS) is 15.3. The number of carbonyl (C=O) groups is 1. The zero-order chi connectivity index (χ0) is 27.7. The van der Waals surface area contributed by atoms with Gasteiger partial charge in [-0.3, -0.25) is 9.36 Å². The maximum atomic E-state index is 14.1. The van der Waals surface area contributed by atoms with E-state index in [9.17, 15) is 9.59 Å². The van der Waals surface area contributed by atoms with Crippen LogP contribution in [0.25, 0.3) is 16.8 Å². The van der Waals surface area contributed by atoms with Gasteiger partial charge in [0.2, 0.25) is 0 Å². The zero-order valence-electron chi connectivity index (χ0n) is 22.6. The summed E-state index contributed by atoms with van der Waals surface area (Å²) in [6, 6.07) is 18.5. The van der Waals surface area contributed by atoms with E-state index in [1.54, 1.807) is 25.5 Å². The smallest absolute Gasteiger partial charge is 0.338 e. The van der Waals surface area contributed by atoms with Gasteiger partial charge < -0.3 is 14.2 Å². The Kier molecular flexibility index (Phi) is 7.39. The molecule has 8 heteroatoms. The SMILES string of the molecule is CCOC(=O)C1=C(C)N=c2s/c(=C/c3ccc(OC)c4ccccc34)c(=O)n2[C@@H]1c1ccccc1OC(C)C. The van der Waals surface area contributed by atoms with Gasteiger partial charge in [0.05, 0.1) is 35.6 Å². The fraction of sp³-hybridized carbons (Fsp3) is 0.258. The van der Waals surface area contributed by atoms with Crippen LogP contribution >= 0.6 is 11.3 Å². The van der Waals surface area contributed by atoms with E-state index in [2.05, 4.69) is 4.99 Å². The van der Waals surface area contributed by atoms with Gasteiger partial charge in [-0.05, 0) is 56.9 Å². The van der Waals surface area contributed by atoms with Gasteiger partial charge in [-0.1, -0.05) is 59.9 Å². The maximum absolute atomic E-state index is 14.1. The second kappa shape index (κ2) is 10.9. The average molecular weight is 543 g/mol. The zero-order valence-corrected chi connectivity index (χ0v) is 23.4. The maximum Gasteiger partial charge on any atom is 0.338 e. The molecule has 0 unspecified atom stereocenters. The first kappa shape index (κ1) is 26.4. The predicted molar refractivity (Wildman–Crippen MR) is 153 cm³/mol. The van der Waals surface area contributed by atoms with Crippen LogP contribution in [0.3, 0.4) is 0 Å². The summed E-state index contributed by atoms with van der Waals surface area (Å²) in [5, 5.41) is 1.93. The van der Waals surface area contributed by atoms with Gasteiger partial charge in [-0.25, -0.2) is 9.79 Å². The van der Waals surface area contributed by atoms with E-state index < -0.39 is 12.0 Å². The second-order valence-electron chi connectivity index (χ2n) is 9.41. The Morgan fingerprint density at radius 1 is 1.05 bits per heavy atom. The van der Waals surface area contributed by atoms with Crippen LogP contribution in [0.5, 0.6) is 11.5 Å². The minimum atomic E-state index is -0.745. The van der Waals surface area contributed by atoms with E-state index >= 15 is 0 Å². The summed E-state index contributed by atoms with van der Waals surface area (Å²) >= 11 is 1.29. The minimum Gasteiger partial charge on any atom is -0.496 e. The van der Waals surface area contributed by atoms with E-state index in [0.717, 1.165) is 22.1 Å². The van der Waals surface area contributed by atoms with Crippen molar-refractivity contribution in [2.75, 3.05) is 13.7 Å². The number of nitrogens with zero attached hydrogens (tertiary/aromatic N) is 2. The topological polar surface area (TPSA) is 79.1 Å². The van der Waals surface area contributed by atoms with Crippen molar-refractivity contribution >= 4 is 34.2 Å². The Balaban J connectivity index is 1.77. The molecular weight excluding hydrogens is 512 g/mol. The van der Waals surface area contributed by atoms with Gasteiger partial charge in [-0.2, -0.15) is 0 Å². The number of para-hydroxylation sites is 1. The number of fused-ring (bicyclic) bond motifs is 2. The highest BCUT2D eigenvalue weighted by molar-refractivity contribution is 7.07. The van der Waals surface area contributed by atoms with E-state index in [0.29, 0.717) is 31.9 Å². The second-order valence-corrected chi connectivity index (χ2v) is 10.4. The van der Waals surface area contributed by atoms with Crippen molar-refractivity contribution in [3.05, 3.63) is 103 Å². The number of ether oxygens (including phenoxy) is 3. The van der Waals surface area contributed by atoms with Crippen molar-refractivity contribution in [2.45, 2.75) is 39.8 Å². The Morgan fingerprint density at radius 3 is 2.49 bits per heavy atom. The number of allylic oxidation sites excluding steroid dienone is 1. The fourth-order valence-corrected chi connectivity index (χ4v) is 5.93. The highest BCUT2D eigenvalue weighted by Gasteiger charge is 2.35. The molecule has 0 saturated heterocycles. The van der Waals surface area contributed by atoms with Crippen molar-refractivity contribution in [3.8, 4) is 11.5 Å². The number of rotatable bonds is 7. The standard InChI is InChI=1S/C31H30N2O5S/c1-6-37-30(35)27-19(4)32-31-33(28(27)23-13-9-10-14-25(23)38-18(2)3)29(34)26(39-31)17-20-15-16-24(36-5)22-12-8-7-11-21(20)22/h7-18,28H,6H2,1-5H3/b26-17+/t28-/m1/s1. The molecule has 0 aliphatic carbocycles. The summed E-state index contributed by atoms with van der Waals surface area (Å²) in [5.41, 5.74) is 2.19. The lowest BCUT2D eigenvalue weighted by Gasteiger charge is -2.26. The number of hydrogen-bond acceptors (Lipinski definition) is 7. The molecule has 0 spiro atoms. The van der Waals surface area contributed by atoms with Crippen molar-refractivity contribution in [1.82, 2.24) is 4.57 Å². The minimum absolute atomic E-state index is 0.0959. The molecule has 0 N–H and O–H groups in total. The Labute approximate surface area is 230 Å². The summed E-state index contributed by atoms with van der Waals surface area (Å²) in [7, 11) is 1.64. The predicted octanol–water partition coefficient (Wildman–Crippen LogP) is 4.75. The third-order valence-electron chi connectivity index (χ3n) is 6.52. The number of esters is 1. The molecule has 1 aliphatic rings. The van der Waals surface area contributed by atoms with Crippen LogP contribution < -0.4 is 24.4 Å². The van der Waals surface area contributed by atoms with E-state index in [1.165, 1.54) is 11.3 Å². The molecule has 7 nitrogen and oxygen atoms in total. The van der Waals surface area contributed by atoms with Gasteiger partial charge in [0, 0.05) is 10.9 Å². The molecule has 1 aliphatic heterocycles. The summed E-state index contributed by atoms with van der Waals surface area (Å²) in [6.07, 6.45) is 1.78. The molecule has 0 radical (unpaired) electrons. The molecule has 1 atom stereocenters.